The average Bonchev–Trinajstić information content (AvgIpc) is 2.93. The molecule has 1 aliphatic carbocycles. The quantitative estimate of drug-likeness (QED) is 0.700. The number of rotatable bonds is 7. The van der Waals surface area contributed by atoms with Gasteiger partial charge in [-0.25, -0.2) is 0 Å². The van der Waals surface area contributed by atoms with E-state index in [9.17, 15) is 0 Å². The van der Waals surface area contributed by atoms with E-state index < -0.39 is 0 Å². The predicted molar refractivity (Wildman–Crippen MR) is 78.0 cm³/mol. The lowest BCUT2D eigenvalue weighted by molar-refractivity contribution is 0.0968. The molecule has 0 radical (unpaired) electrons. The van der Waals surface area contributed by atoms with Gasteiger partial charge in [0.1, 0.15) is 0 Å². The van der Waals surface area contributed by atoms with Crippen LogP contribution in [0.4, 0.5) is 0 Å². The minimum atomic E-state index is 0.933. The van der Waals surface area contributed by atoms with Gasteiger partial charge in [-0.3, -0.25) is 4.90 Å². The topological polar surface area (TPSA) is 18.5 Å². The van der Waals surface area contributed by atoms with Gasteiger partial charge in [0, 0.05) is 32.2 Å². The van der Waals surface area contributed by atoms with Crippen molar-refractivity contribution in [2.75, 3.05) is 46.3 Å². The van der Waals surface area contributed by atoms with Gasteiger partial charge < -0.3 is 10.2 Å². The van der Waals surface area contributed by atoms with E-state index in [2.05, 4.69) is 15.1 Å². The Morgan fingerprint density at radius 1 is 0.944 bits per heavy atom. The van der Waals surface area contributed by atoms with Crippen molar-refractivity contribution < 1.29 is 0 Å². The van der Waals surface area contributed by atoms with E-state index in [0.717, 1.165) is 6.04 Å². The van der Waals surface area contributed by atoms with Gasteiger partial charge in [-0.15, -0.1) is 0 Å². The summed E-state index contributed by atoms with van der Waals surface area (Å²) in [5, 5.41) is 3.22. The van der Waals surface area contributed by atoms with Crippen LogP contribution in [0.1, 0.15) is 44.9 Å². The Morgan fingerprint density at radius 3 is 2.33 bits per heavy atom. The summed E-state index contributed by atoms with van der Waals surface area (Å²) in [6.07, 6.45) is 9.95. The van der Waals surface area contributed by atoms with Crippen LogP contribution < -0.4 is 5.32 Å². The summed E-state index contributed by atoms with van der Waals surface area (Å²) in [6, 6.07) is 0.933. The maximum absolute atomic E-state index is 3.22. The van der Waals surface area contributed by atoms with Gasteiger partial charge in [-0.1, -0.05) is 19.3 Å². The molecule has 1 saturated heterocycles. The molecule has 3 heteroatoms. The molecule has 0 spiro atoms. The third-order valence-electron chi connectivity index (χ3n) is 4.65. The lowest BCUT2D eigenvalue weighted by Crippen LogP contribution is -2.49. The Balaban J connectivity index is 1.53. The van der Waals surface area contributed by atoms with Gasteiger partial charge in [0.25, 0.3) is 0 Å². The van der Waals surface area contributed by atoms with Gasteiger partial charge in [0.05, 0.1) is 0 Å². The first-order chi connectivity index (χ1) is 8.90. The second-order valence-corrected chi connectivity index (χ2v) is 5.98. The van der Waals surface area contributed by atoms with E-state index in [1.165, 1.54) is 84.2 Å². The van der Waals surface area contributed by atoms with Crippen LogP contribution in [0.25, 0.3) is 0 Å². The fourth-order valence-corrected chi connectivity index (χ4v) is 3.44. The van der Waals surface area contributed by atoms with E-state index in [4.69, 9.17) is 0 Å². The molecule has 1 N–H and O–H groups in total. The van der Waals surface area contributed by atoms with Crippen LogP contribution in [0.5, 0.6) is 0 Å². The fraction of sp³-hybridized carbons (Fsp3) is 1.00. The van der Waals surface area contributed by atoms with Crippen LogP contribution in [0.15, 0.2) is 0 Å². The van der Waals surface area contributed by atoms with E-state index in [0.29, 0.717) is 0 Å². The maximum Gasteiger partial charge on any atom is 0.0113 e. The minimum Gasteiger partial charge on any atom is -0.320 e. The monoisotopic (exact) mass is 253 g/mol. The maximum atomic E-state index is 3.22. The van der Waals surface area contributed by atoms with Gasteiger partial charge in [0.15, 0.2) is 0 Å². The Morgan fingerprint density at radius 2 is 1.67 bits per heavy atom. The molecule has 18 heavy (non-hydrogen) atoms. The van der Waals surface area contributed by atoms with Crippen molar-refractivity contribution in [2.45, 2.75) is 51.0 Å². The number of hydrogen-bond acceptors (Lipinski definition) is 3. The molecule has 0 aromatic carbocycles. The molecule has 1 heterocycles. The number of unbranched alkanes of at least 4 members (excludes halogenated alkanes) is 2. The molecule has 0 atom stereocenters. The third-order valence-corrected chi connectivity index (χ3v) is 4.65. The van der Waals surface area contributed by atoms with Gasteiger partial charge >= 0.3 is 0 Å². The third kappa shape index (κ3) is 4.52. The molecule has 0 aromatic heterocycles. The van der Waals surface area contributed by atoms with Crippen LogP contribution >= 0.6 is 0 Å². The van der Waals surface area contributed by atoms with Crippen molar-refractivity contribution >= 4 is 0 Å². The molecule has 1 saturated carbocycles. The Hall–Kier alpha value is -0.120. The molecule has 1 aliphatic heterocycles. The fourth-order valence-electron chi connectivity index (χ4n) is 3.44. The smallest absolute Gasteiger partial charge is 0.0113 e. The molecule has 0 bridgehead atoms. The number of piperazine rings is 1. The van der Waals surface area contributed by atoms with Crippen LogP contribution in [-0.4, -0.2) is 62.2 Å². The van der Waals surface area contributed by atoms with Crippen LogP contribution in [-0.2, 0) is 0 Å². The first-order valence-corrected chi connectivity index (χ1v) is 8.01. The summed E-state index contributed by atoms with van der Waals surface area (Å²) in [5.41, 5.74) is 0. The number of nitrogens with one attached hydrogen (secondary N) is 1. The second-order valence-electron chi connectivity index (χ2n) is 5.98. The van der Waals surface area contributed by atoms with Crippen LogP contribution in [0.3, 0.4) is 0 Å². The van der Waals surface area contributed by atoms with Crippen LogP contribution in [0, 0.1) is 0 Å². The molecule has 2 aliphatic rings. The summed E-state index contributed by atoms with van der Waals surface area (Å²) >= 11 is 0. The molecule has 2 rings (SSSR count). The molecule has 0 aromatic rings. The highest BCUT2D eigenvalue weighted by Crippen LogP contribution is 2.24. The van der Waals surface area contributed by atoms with Crippen LogP contribution in [0.2, 0.25) is 0 Å². The van der Waals surface area contributed by atoms with Gasteiger partial charge in [0.2, 0.25) is 0 Å². The molecule has 106 valence electrons. The lowest BCUT2D eigenvalue weighted by atomic mass is 10.1. The van der Waals surface area contributed by atoms with Crippen molar-refractivity contribution in [3.63, 3.8) is 0 Å². The van der Waals surface area contributed by atoms with E-state index in [1.54, 1.807) is 0 Å². The van der Waals surface area contributed by atoms with Gasteiger partial charge in [-0.2, -0.15) is 0 Å². The Bertz CT molecular complexity index is 206. The zero-order chi connectivity index (χ0) is 12.6. The lowest BCUT2D eigenvalue weighted by Gasteiger charge is -2.38. The number of nitrogens with zero attached hydrogens (tertiary/aromatic N) is 2. The first-order valence-electron chi connectivity index (χ1n) is 8.01. The summed E-state index contributed by atoms with van der Waals surface area (Å²) in [5.74, 6) is 0. The van der Waals surface area contributed by atoms with E-state index in [-0.39, 0.29) is 0 Å². The van der Waals surface area contributed by atoms with E-state index >= 15 is 0 Å². The second kappa shape index (κ2) is 8.13. The molecular weight excluding hydrogens is 222 g/mol. The summed E-state index contributed by atoms with van der Waals surface area (Å²) in [4.78, 5) is 5.43. The molecule has 2 fully saturated rings. The van der Waals surface area contributed by atoms with Crippen molar-refractivity contribution in [2.24, 2.45) is 0 Å². The molecular formula is C15H31N3. The summed E-state index contributed by atoms with van der Waals surface area (Å²) in [7, 11) is 2.04. The molecule has 3 nitrogen and oxygen atoms in total. The largest absolute Gasteiger partial charge is 0.320 e. The summed E-state index contributed by atoms with van der Waals surface area (Å²) < 4.78 is 0. The average molecular weight is 253 g/mol. The highest BCUT2D eigenvalue weighted by Gasteiger charge is 2.25. The Kier molecular flexibility index (Phi) is 6.46. The zero-order valence-electron chi connectivity index (χ0n) is 12.2. The predicted octanol–water partition coefficient (Wildman–Crippen LogP) is 1.94. The van der Waals surface area contributed by atoms with Crippen molar-refractivity contribution in [3.05, 3.63) is 0 Å². The first kappa shape index (κ1) is 14.3. The normalized spacial score (nSPS) is 23.8. The van der Waals surface area contributed by atoms with E-state index in [1.807, 2.05) is 7.05 Å². The van der Waals surface area contributed by atoms with Crippen molar-refractivity contribution in [1.82, 2.24) is 15.1 Å². The summed E-state index contributed by atoms with van der Waals surface area (Å²) in [6.45, 7) is 7.76. The van der Waals surface area contributed by atoms with Gasteiger partial charge in [-0.05, 0) is 45.8 Å². The highest BCUT2D eigenvalue weighted by molar-refractivity contribution is 4.81. The zero-order valence-corrected chi connectivity index (χ0v) is 12.2. The SMILES string of the molecule is CNCCCCCN1CCN(C2CCCC2)CC1. The Labute approximate surface area is 113 Å². The van der Waals surface area contributed by atoms with Crippen molar-refractivity contribution in [1.29, 1.82) is 0 Å². The number of hydrogen-bond donors (Lipinski definition) is 1. The van der Waals surface area contributed by atoms with Crippen molar-refractivity contribution in [3.8, 4) is 0 Å². The minimum absolute atomic E-state index is 0.933. The standard InChI is InChI=1S/C15H31N3/c1-16-9-5-2-6-10-17-11-13-18(14-12-17)15-7-3-4-8-15/h15-16H,2-14H2,1H3. The molecule has 0 amide bonds. The molecule has 0 unspecified atom stereocenters. The highest BCUT2D eigenvalue weighted by atomic mass is 15.3.